The number of carbonyl (C=O) groups excluding carboxylic acids is 1. The van der Waals surface area contributed by atoms with E-state index in [1.807, 2.05) is 19.1 Å². The number of carbonyl (C=O) groups is 1. The number of amides is 1. The van der Waals surface area contributed by atoms with Gasteiger partial charge in [0.25, 0.3) is 5.56 Å². The van der Waals surface area contributed by atoms with Gasteiger partial charge in [0.1, 0.15) is 18.0 Å². The summed E-state index contributed by atoms with van der Waals surface area (Å²) in [5.41, 5.74) is 2.18. The van der Waals surface area contributed by atoms with Gasteiger partial charge in [-0.2, -0.15) is 5.10 Å². The van der Waals surface area contributed by atoms with Gasteiger partial charge >= 0.3 is 0 Å². The van der Waals surface area contributed by atoms with Crippen LogP contribution in [0.2, 0.25) is 0 Å². The molecule has 0 bridgehead atoms. The number of anilines is 1. The number of rotatable bonds is 3. The third-order valence-electron chi connectivity index (χ3n) is 4.13. The molecular formula is C19H15FN4O2. The predicted octanol–water partition coefficient (Wildman–Crippen LogP) is 2.74. The maximum atomic E-state index is 13.0. The normalized spacial score (nSPS) is 11.2. The van der Waals surface area contributed by atoms with E-state index in [0.717, 1.165) is 5.69 Å². The van der Waals surface area contributed by atoms with Gasteiger partial charge in [0.15, 0.2) is 0 Å². The Kier molecular flexibility index (Phi) is 3.76. The molecule has 0 unspecified atom stereocenters. The minimum atomic E-state index is -0.384. The molecule has 130 valence electrons. The Balaban J connectivity index is 1.77. The molecule has 2 heterocycles. The third kappa shape index (κ3) is 2.73. The van der Waals surface area contributed by atoms with Gasteiger partial charge in [-0.15, -0.1) is 0 Å². The molecule has 0 aliphatic heterocycles. The van der Waals surface area contributed by atoms with E-state index in [4.69, 9.17) is 0 Å². The van der Waals surface area contributed by atoms with Crippen LogP contribution in [0.25, 0.3) is 16.6 Å². The minimum absolute atomic E-state index is 0.171. The summed E-state index contributed by atoms with van der Waals surface area (Å²) in [5, 5.41) is 7.58. The third-order valence-corrected chi connectivity index (χ3v) is 4.13. The Bertz CT molecular complexity index is 1190. The average molecular weight is 350 g/mol. The summed E-state index contributed by atoms with van der Waals surface area (Å²) in [4.78, 5) is 25.3. The molecule has 0 fully saturated rings. The van der Waals surface area contributed by atoms with Gasteiger partial charge in [0.05, 0.1) is 16.6 Å². The number of aromatic nitrogens is 3. The van der Waals surface area contributed by atoms with Gasteiger partial charge in [-0.25, -0.2) is 8.91 Å². The Morgan fingerprint density at radius 2 is 1.88 bits per heavy atom. The first kappa shape index (κ1) is 16.0. The fraction of sp³-hybridized carbons (Fsp3) is 0.105. The Morgan fingerprint density at radius 1 is 1.15 bits per heavy atom. The van der Waals surface area contributed by atoms with E-state index in [0.29, 0.717) is 22.2 Å². The molecule has 1 N–H and O–H groups in total. The number of nitrogens with one attached hydrogen (secondary N) is 1. The Morgan fingerprint density at radius 3 is 2.65 bits per heavy atom. The van der Waals surface area contributed by atoms with Crippen LogP contribution in [0.3, 0.4) is 0 Å². The van der Waals surface area contributed by atoms with E-state index in [-0.39, 0.29) is 23.8 Å². The zero-order valence-corrected chi connectivity index (χ0v) is 13.9. The fourth-order valence-electron chi connectivity index (χ4n) is 2.97. The van der Waals surface area contributed by atoms with Gasteiger partial charge in [-0.3, -0.25) is 14.2 Å². The van der Waals surface area contributed by atoms with Crippen LogP contribution in [0.5, 0.6) is 0 Å². The summed E-state index contributed by atoms with van der Waals surface area (Å²) in [7, 11) is 0. The second-order valence-electron chi connectivity index (χ2n) is 6.02. The number of halogens is 1. The molecule has 0 spiro atoms. The van der Waals surface area contributed by atoms with Crippen molar-refractivity contribution in [3.8, 4) is 0 Å². The fourth-order valence-corrected chi connectivity index (χ4v) is 2.97. The summed E-state index contributed by atoms with van der Waals surface area (Å²) in [6, 6.07) is 14.4. The van der Waals surface area contributed by atoms with Crippen molar-refractivity contribution in [1.82, 2.24) is 14.2 Å². The first-order valence-corrected chi connectivity index (χ1v) is 8.06. The smallest absolute Gasteiger partial charge is 0.262 e. The number of hydrogen-bond acceptors (Lipinski definition) is 3. The molecule has 4 aromatic rings. The van der Waals surface area contributed by atoms with Crippen molar-refractivity contribution in [2.75, 3.05) is 5.32 Å². The van der Waals surface area contributed by atoms with Crippen LogP contribution < -0.4 is 10.9 Å². The van der Waals surface area contributed by atoms with E-state index in [1.165, 1.54) is 28.8 Å². The van der Waals surface area contributed by atoms with Gasteiger partial charge in [-0.1, -0.05) is 12.1 Å². The zero-order chi connectivity index (χ0) is 18.3. The molecule has 0 atom stereocenters. The van der Waals surface area contributed by atoms with Gasteiger partial charge in [0.2, 0.25) is 5.91 Å². The van der Waals surface area contributed by atoms with Crippen LogP contribution in [0.1, 0.15) is 5.69 Å². The second-order valence-corrected chi connectivity index (χ2v) is 6.02. The van der Waals surface area contributed by atoms with E-state index < -0.39 is 0 Å². The molecule has 0 aliphatic rings. The van der Waals surface area contributed by atoms with E-state index >= 15 is 0 Å². The molecule has 0 saturated carbocycles. The quantitative estimate of drug-likeness (QED) is 0.618. The summed E-state index contributed by atoms with van der Waals surface area (Å²) in [5.74, 6) is -0.764. The lowest BCUT2D eigenvalue weighted by Gasteiger charge is -2.11. The first-order valence-electron chi connectivity index (χ1n) is 8.06. The molecule has 0 aliphatic carbocycles. The number of hydrogen-bond donors (Lipinski definition) is 1. The van der Waals surface area contributed by atoms with Gasteiger partial charge in [-0.05, 0) is 43.3 Å². The van der Waals surface area contributed by atoms with Crippen molar-refractivity contribution >= 4 is 28.1 Å². The minimum Gasteiger partial charge on any atom is -0.325 e. The van der Waals surface area contributed by atoms with E-state index in [1.54, 1.807) is 22.7 Å². The molecule has 4 rings (SSSR count). The van der Waals surface area contributed by atoms with Gasteiger partial charge < -0.3 is 5.32 Å². The molecule has 2 aromatic carbocycles. The van der Waals surface area contributed by atoms with Crippen molar-refractivity contribution < 1.29 is 9.18 Å². The monoisotopic (exact) mass is 350 g/mol. The summed E-state index contributed by atoms with van der Waals surface area (Å²) >= 11 is 0. The molecule has 1 amide bonds. The van der Waals surface area contributed by atoms with Crippen LogP contribution in [-0.2, 0) is 11.3 Å². The number of benzene rings is 2. The highest BCUT2D eigenvalue weighted by molar-refractivity contribution is 5.91. The molecule has 0 saturated heterocycles. The number of nitrogens with zero attached hydrogens (tertiary/aromatic N) is 3. The standard InChI is InChI=1S/C19H15FN4O2/c1-12-10-18-23(11-17(25)21-14-8-6-13(20)7-9-14)19(26)15-4-2-3-5-16(15)24(18)22-12/h2-10H,11H2,1H3,(H,21,25). The summed E-state index contributed by atoms with van der Waals surface area (Å²) < 4.78 is 16.0. The van der Waals surface area contributed by atoms with Crippen molar-refractivity contribution in [3.05, 3.63) is 76.5 Å². The summed E-state index contributed by atoms with van der Waals surface area (Å²) in [6.07, 6.45) is 0. The highest BCUT2D eigenvalue weighted by Gasteiger charge is 2.15. The van der Waals surface area contributed by atoms with Crippen molar-refractivity contribution in [2.45, 2.75) is 13.5 Å². The SMILES string of the molecule is Cc1cc2n(CC(=O)Nc3ccc(F)cc3)c(=O)c3ccccc3n2n1. The van der Waals surface area contributed by atoms with Crippen molar-refractivity contribution in [2.24, 2.45) is 0 Å². The molecule has 7 heteroatoms. The van der Waals surface area contributed by atoms with Gasteiger partial charge in [0, 0.05) is 11.8 Å². The van der Waals surface area contributed by atoms with Crippen molar-refractivity contribution in [1.29, 1.82) is 0 Å². The number of fused-ring (bicyclic) bond motifs is 3. The maximum Gasteiger partial charge on any atom is 0.262 e. The first-order chi connectivity index (χ1) is 12.5. The van der Waals surface area contributed by atoms with Crippen LogP contribution in [0, 0.1) is 12.7 Å². The topological polar surface area (TPSA) is 68.4 Å². The molecular weight excluding hydrogens is 335 g/mol. The Hall–Kier alpha value is -3.48. The lowest BCUT2D eigenvalue weighted by molar-refractivity contribution is -0.116. The Labute approximate surface area is 147 Å². The highest BCUT2D eigenvalue weighted by Crippen LogP contribution is 2.15. The van der Waals surface area contributed by atoms with Crippen molar-refractivity contribution in [3.63, 3.8) is 0 Å². The summed E-state index contributed by atoms with van der Waals surface area (Å²) in [6.45, 7) is 1.66. The maximum absolute atomic E-state index is 13.0. The van der Waals surface area contributed by atoms with Crippen LogP contribution >= 0.6 is 0 Å². The average Bonchev–Trinajstić information content (AvgIpc) is 3.02. The molecule has 6 nitrogen and oxygen atoms in total. The van der Waals surface area contributed by atoms with Crippen LogP contribution in [-0.4, -0.2) is 20.1 Å². The largest absolute Gasteiger partial charge is 0.325 e. The van der Waals surface area contributed by atoms with Crippen LogP contribution in [0.15, 0.2) is 59.4 Å². The predicted molar refractivity (Wildman–Crippen MR) is 96.7 cm³/mol. The lowest BCUT2D eigenvalue weighted by Crippen LogP contribution is -2.29. The second kappa shape index (κ2) is 6.11. The zero-order valence-electron chi connectivity index (χ0n) is 13.9. The molecule has 0 radical (unpaired) electrons. The van der Waals surface area contributed by atoms with E-state index in [2.05, 4.69) is 10.4 Å². The number of para-hydroxylation sites is 1. The van der Waals surface area contributed by atoms with Crippen LogP contribution in [0.4, 0.5) is 10.1 Å². The number of aryl methyl sites for hydroxylation is 1. The highest BCUT2D eigenvalue weighted by atomic mass is 19.1. The molecule has 2 aromatic heterocycles. The lowest BCUT2D eigenvalue weighted by atomic mass is 10.2. The molecule has 26 heavy (non-hydrogen) atoms. The van der Waals surface area contributed by atoms with E-state index in [9.17, 15) is 14.0 Å².